The highest BCUT2D eigenvalue weighted by Gasteiger charge is 2.16. The van der Waals surface area contributed by atoms with E-state index in [-0.39, 0.29) is 0 Å². The van der Waals surface area contributed by atoms with E-state index in [0.29, 0.717) is 5.69 Å². The van der Waals surface area contributed by atoms with Gasteiger partial charge in [0.15, 0.2) is 0 Å². The Morgan fingerprint density at radius 1 is 1.12 bits per heavy atom. The fourth-order valence-electron chi connectivity index (χ4n) is 2.11. The standard InChI is InChI=1S/C11H16N2O3S/c14-17(15,16)12-10-6-2-3-7-11(10)13-8-4-1-5-9-13/h2-3,6-7,12H,1,4-5,8-9H2,(H,14,15,16). The SMILES string of the molecule is O=S(=O)(O)Nc1ccccc1N1CCCCC1. The summed E-state index contributed by atoms with van der Waals surface area (Å²) >= 11 is 0. The zero-order valence-corrected chi connectivity index (χ0v) is 10.3. The first-order valence-corrected chi connectivity index (χ1v) is 7.09. The third kappa shape index (κ3) is 3.34. The van der Waals surface area contributed by atoms with Crippen LogP contribution in [-0.2, 0) is 10.3 Å². The van der Waals surface area contributed by atoms with Crippen LogP contribution in [-0.4, -0.2) is 26.1 Å². The van der Waals surface area contributed by atoms with Gasteiger partial charge >= 0.3 is 10.3 Å². The first-order valence-electron chi connectivity index (χ1n) is 5.65. The van der Waals surface area contributed by atoms with Gasteiger partial charge in [0.05, 0.1) is 11.4 Å². The maximum atomic E-state index is 10.9. The number of nitrogens with zero attached hydrogens (tertiary/aromatic N) is 1. The molecule has 2 N–H and O–H groups in total. The van der Waals surface area contributed by atoms with Crippen LogP contribution in [0.5, 0.6) is 0 Å². The minimum atomic E-state index is -4.22. The van der Waals surface area contributed by atoms with Crippen molar-refractivity contribution < 1.29 is 13.0 Å². The molecule has 1 saturated heterocycles. The highest BCUT2D eigenvalue weighted by atomic mass is 32.2. The Bertz CT molecular complexity index is 481. The van der Waals surface area contributed by atoms with Crippen molar-refractivity contribution in [2.45, 2.75) is 19.3 Å². The molecule has 0 unspecified atom stereocenters. The molecule has 1 aliphatic heterocycles. The predicted octanol–water partition coefficient (Wildman–Crippen LogP) is 1.89. The molecule has 2 rings (SSSR count). The number of nitrogens with one attached hydrogen (secondary N) is 1. The zero-order chi connectivity index (χ0) is 12.3. The van der Waals surface area contributed by atoms with E-state index in [1.165, 1.54) is 6.42 Å². The molecule has 17 heavy (non-hydrogen) atoms. The molecule has 0 spiro atoms. The topological polar surface area (TPSA) is 69.6 Å². The molecule has 0 amide bonds. The van der Waals surface area contributed by atoms with Crippen LogP contribution in [0.1, 0.15) is 19.3 Å². The summed E-state index contributed by atoms with van der Waals surface area (Å²) in [5, 5.41) is 0. The smallest absolute Gasteiger partial charge is 0.357 e. The van der Waals surface area contributed by atoms with E-state index >= 15 is 0 Å². The number of hydrogen-bond acceptors (Lipinski definition) is 3. The Hall–Kier alpha value is -1.27. The second-order valence-corrected chi connectivity index (χ2v) is 5.30. The van der Waals surface area contributed by atoms with Gasteiger partial charge in [-0.15, -0.1) is 0 Å². The fourth-order valence-corrected chi connectivity index (χ4v) is 2.56. The second kappa shape index (κ2) is 4.93. The Kier molecular flexibility index (Phi) is 3.54. The van der Waals surface area contributed by atoms with E-state index in [4.69, 9.17) is 4.55 Å². The summed E-state index contributed by atoms with van der Waals surface area (Å²) in [7, 11) is -4.22. The highest BCUT2D eigenvalue weighted by molar-refractivity contribution is 7.87. The molecule has 0 aromatic heterocycles. The lowest BCUT2D eigenvalue weighted by molar-refractivity contribution is 0.489. The number of hydrogen-bond donors (Lipinski definition) is 2. The van der Waals surface area contributed by atoms with Crippen molar-refractivity contribution >= 4 is 21.7 Å². The molecule has 0 saturated carbocycles. The summed E-state index contributed by atoms with van der Waals surface area (Å²) in [6.07, 6.45) is 3.44. The molecule has 1 heterocycles. The van der Waals surface area contributed by atoms with Gasteiger partial charge in [-0.25, -0.2) is 0 Å². The molecular weight excluding hydrogens is 240 g/mol. The summed E-state index contributed by atoms with van der Waals surface area (Å²) < 4.78 is 32.7. The van der Waals surface area contributed by atoms with E-state index < -0.39 is 10.3 Å². The minimum Gasteiger partial charge on any atom is -0.370 e. The highest BCUT2D eigenvalue weighted by Crippen LogP contribution is 2.28. The average Bonchev–Trinajstić information content (AvgIpc) is 2.29. The number of rotatable bonds is 3. The van der Waals surface area contributed by atoms with E-state index in [9.17, 15) is 8.42 Å². The normalized spacial score (nSPS) is 16.9. The molecule has 5 nitrogen and oxygen atoms in total. The molecule has 94 valence electrons. The van der Waals surface area contributed by atoms with Gasteiger partial charge < -0.3 is 4.90 Å². The molecule has 1 fully saturated rings. The van der Waals surface area contributed by atoms with Gasteiger partial charge in [0.1, 0.15) is 0 Å². The van der Waals surface area contributed by atoms with Gasteiger partial charge in [0.2, 0.25) is 0 Å². The first-order chi connectivity index (χ1) is 8.06. The van der Waals surface area contributed by atoms with Crippen molar-refractivity contribution in [1.82, 2.24) is 0 Å². The average molecular weight is 256 g/mol. The van der Waals surface area contributed by atoms with Crippen LogP contribution < -0.4 is 9.62 Å². The quantitative estimate of drug-likeness (QED) is 0.810. The zero-order valence-electron chi connectivity index (χ0n) is 9.46. The van der Waals surface area contributed by atoms with E-state index in [0.717, 1.165) is 31.6 Å². The van der Waals surface area contributed by atoms with Crippen LogP contribution in [0.4, 0.5) is 11.4 Å². The second-order valence-electron chi connectivity index (χ2n) is 4.14. The van der Waals surface area contributed by atoms with Crippen LogP contribution in [0, 0.1) is 0 Å². The summed E-state index contributed by atoms with van der Waals surface area (Å²) in [6.45, 7) is 1.84. The minimum absolute atomic E-state index is 0.428. The van der Waals surface area contributed by atoms with Gasteiger partial charge in [-0.1, -0.05) is 12.1 Å². The molecule has 1 aromatic rings. The fraction of sp³-hybridized carbons (Fsp3) is 0.455. The molecule has 0 atom stereocenters. The molecule has 1 aliphatic rings. The van der Waals surface area contributed by atoms with Gasteiger partial charge in [-0.05, 0) is 31.4 Å². The Balaban J connectivity index is 2.26. The molecule has 6 heteroatoms. The van der Waals surface area contributed by atoms with Crippen LogP contribution >= 0.6 is 0 Å². The Labute approximate surface area is 101 Å². The lowest BCUT2D eigenvalue weighted by Gasteiger charge is -2.30. The monoisotopic (exact) mass is 256 g/mol. The van der Waals surface area contributed by atoms with Gasteiger partial charge in [-0.3, -0.25) is 9.27 Å². The van der Waals surface area contributed by atoms with Gasteiger partial charge in [-0.2, -0.15) is 8.42 Å². The predicted molar refractivity (Wildman–Crippen MR) is 67.7 cm³/mol. The van der Waals surface area contributed by atoms with Gasteiger partial charge in [0, 0.05) is 13.1 Å². The Morgan fingerprint density at radius 3 is 2.41 bits per heavy atom. The summed E-state index contributed by atoms with van der Waals surface area (Å²) in [5.41, 5.74) is 1.25. The van der Waals surface area contributed by atoms with Crippen molar-refractivity contribution in [2.24, 2.45) is 0 Å². The third-order valence-corrected chi connectivity index (χ3v) is 3.32. The largest absolute Gasteiger partial charge is 0.370 e. The number of para-hydroxylation sites is 2. The van der Waals surface area contributed by atoms with Crippen LogP contribution in [0.15, 0.2) is 24.3 Å². The van der Waals surface area contributed by atoms with Crippen molar-refractivity contribution in [3.8, 4) is 0 Å². The van der Waals surface area contributed by atoms with Crippen molar-refractivity contribution in [2.75, 3.05) is 22.7 Å². The van der Waals surface area contributed by atoms with Crippen LogP contribution in [0.3, 0.4) is 0 Å². The molecule has 0 bridgehead atoms. The van der Waals surface area contributed by atoms with Crippen molar-refractivity contribution in [1.29, 1.82) is 0 Å². The lowest BCUT2D eigenvalue weighted by Crippen LogP contribution is -2.30. The van der Waals surface area contributed by atoms with Gasteiger partial charge in [0.25, 0.3) is 0 Å². The van der Waals surface area contributed by atoms with E-state index in [1.54, 1.807) is 12.1 Å². The molecular formula is C11H16N2O3S. The van der Waals surface area contributed by atoms with Crippen molar-refractivity contribution in [3.63, 3.8) is 0 Å². The van der Waals surface area contributed by atoms with E-state index in [1.807, 2.05) is 12.1 Å². The van der Waals surface area contributed by atoms with Crippen LogP contribution in [0.2, 0.25) is 0 Å². The van der Waals surface area contributed by atoms with Crippen LogP contribution in [0.25, 0.3) is 0 Å². The number of piperidine rings is 1. The van der Waals surface area contributed by atoms with Crippen molar-refractivity contribution in [3.05, 3.63) is 24.3 Å². The van der Waals surface area contributed by atoms with E-state index in [2.05, 4.69) is 9.62 Å². The third-order valence-electron chi connectivity index (χ3n) is 2.84. The molecule has 1 aromatic carbocycles. The summed E-state index contributed by atoms with van der Waals surface area (Å²) in [6, 6.07) is 7.11. The maximum absolute atomic E-state index is 10.9. The molecule has 0 aliphatic carbocycles. The summed E-state index contributed by atoms with van der Waals surface area (Å²) in [4.78, 5) is 2.14. The lowest BCUT2D eigenvalue weighted by atomic mass is 10.1. The Morgan fingerprint density at radius 2 is 1.76 bits per heavy atom. The maximum Gasteiger partial charge on any atom is 0.357 e. The molecule has 0 radical (unpaired) electrons. The first kappa shape index (κ1) is 12.2. The number of benzene rings is 1. The number of anilines is 2. The summed E-state index contributed by atoms with van der Waals surface area (Å²) in [5.74, 6) is 0.